The fourth-order valence-electron chi connectivity index (χ4n) is 3.12. The summed E-state index contributed by atoms with van der Waals surface area (Å²) >= 11 is 6.04. The van der Waals surface area contributed by atoms with Crippen LogP contribution in [-0.2, 0) is 6.18 Å². The Morgan fingerprint density at radius 3 is 2.53 bits per heavy atom. The molecule has 0 saturated carbocycles. The van der Waals surface area contributed by atoms with Crippen LogP contribution in [0.3, 0.4) is 0 Å². The first-order chi connectivity index (χ1) is 15.2. The number of halogens is 5. The number of pyridine rings is 1. The fraction of sp³-hybridized carbons (Fsp3) is 0.0526. The first-order valence-electron chi connectivity index (χ1n) is 8.75. The highest BCUT2D eigenvalue weighted by atomic mass is 35.5. The molecule has 0 aliphatic heterocycles. The average molecular weight is 467 g/mol. The third-order valence-electron chi connectivity index (χ3n) is 4.44. The highest BCUT2D eigenvalue weighted by Crippen LogP contribution is 2.42. The van der Waals surface area contributed by atoms with Crippen LogP contribution in [0.5, 0.6) is 0 Å². The number of hydrazine groups is 1. The molecule has 0 radical (unpaired) electrons. The second-order valence-corrected chi connectivity index (χ2v) is 6.73. The molecule has 3 aromatic heterocycles. The lowest BCUT2D eigenvalue weighted by Crippen LogP contribution is -2.30. The molecule has 4 aromatic rings. The predicted molar refractivity (Wildman–Crippen MR) is 104 cm³/mol. The Balaban J connectivity index is 2.01. The number of nitrogens with two attached hydrogens (primary N) is 1. The zero-order valence-electron chi connectivity index (χ0n) is 15.7. The summed E-state index contributed by atoms with van der Waals surface area (Å²) in [6, 6.07) is 6.30. The van der Waals surface area contributed by atoms with Crippen LogP contribution in [-0.4, -0.2) is 25.8 Å². The minimum Gasteiger partial charge on any atom is -0.355 e. The first-order valence-corrected chi connectivity index (χ1v) is 9.12. The maximum atomic E-state index is 14.5. The second kappa shape index (κ2) is 8.05. The van der Waals surface area contributed by atoms with E-state index in [9.17, 15) is 22.4 Å². The number of carbonyl (C=O) groups excluding carboxylic acids is 1. The summed E-state index contributed by atoms with van der Waals surface area (Å²) in [4.78, 5) is 16.3. The van der Waals surface area contributed by atoms with Crippen LogP contribution in [0.1, 0.15) is 16.1 Å². The third kappa shape index (κ3) is 3.59. The topological polar surface area (TPSA) is 112 Å². The summed E-state index contributed by atoms with van der Waals surface area (Å²) in [5.74, 6) is 2.65. The lowest BCUT2D eigenvalue weighted by molar-refractivity contribution is -0.142. The van der Waals surface area contributed by atoms with Gasteiger partial charge in [-0.1, -0.05) is 22.8 Å². The van der Waals surface area contributed by atoms with Crippen LogP contribution in [0, 0.1) is 5.82 Å². The Labute approximate surface area is 181 Å². The number of carbonyl (C=O) groups is 1. The highest BCUT2D eigenvalue weighted by Gasteiger charge is 2.42. The number of hydrogen-bond donors (Lipinski definition) is 2. The van der Waals surface area contributed by atoms with Gasteiger partial charge in [-0.3, -0.25) is 15.2 Å². The zero-order chi connectivity index (χ0) is 23.0. The Bertz CT molecular complexity index is 1280. The number of aromatic nitrogens is 4. The fourth-order valence-corrected chi connectivity index (χ4v) is 3.37. The molecule has 8 nitrogen and oxygen atoms in total. The van der Waals surface area contributed by atoms with Crippen molar-refractivity contribution in [2.24, 2.45) is 5.84 Å². The molecule has 164 valence electrons. The number of alkyl halides is 3. The van der Waals surface area contributed by atoms with Crippen molar-refractivity contribution in [3.8, 4) is 28.3 Å². The lowest BCUT2D eigenvalue weighted by Gasteiger charge is -2.12. The summed E-state index contributed by atoms with van der Waals surface area (Å²) in [5.41, 5.74) is -1.30. The van der Waals surface area contributed by atoms with Crippen LogP contribution < -0.4 is 11.3 Å². The molecule has 0 saturated heterocycles. The number of nitrogen functional groups attached to an aromatic ring is 1. The van der Waals surface area contributed by atoms with Crippen LogP contribution in [0.2, 0.25) is 5.02 Å². The van der Waals surface area contributed by atoms with Gasteiger partial charge in [-0.15, -0.1) is 0 Å². The van der Waals surface area contributed by atoms with E-state index in [0.717, 1.165) is 12.3 Å². The van der Waals surface area contributed by atoms with E-state index in [2.05, 4.69) is 15.2 Å². The third-order valence-corrected chi connectivity index (χ3v) is 4.75. The summed E-state index contributed by atoms with van der Waals surface area (Å²) in [7, 11) is 0. The van der Waals surface area contributed by atoms with Crippen molar-refractivity contribution in [2.75, 3.05) is 0 Å². The van der Waals surface area contributed by atoms with Crippen molar-refractivity contribution in [1.82, 2.24) is 25.3 Å². The molecule has 1 amide bonds. The normalized spacial score (nSPS) is 11.6. The van der Waals surface area contributed by atoms with Gasteiger partial charge in [-0.05, 0) is 24.3 Å². The molecule has 13 heteroatoms. The van der Waals surface area contributed by atoms with Gasteiger partial charge in [-0.25, -0.2) is 14.9 Å². The largest absolute Gasteiger partial charge is 0.434 e. The zero-order valence-corrected chi connectivity index (χ0v) is 16.4. The molecule has 0 aliphatic rings. The summed E-state index contributed by atoms with van der Waals surface area (Å²) < 4.78 is 62.3. The van der Waals surface area contributed by atoms with E-state index in [1.165, 1.54) is 36.7 Å². The van der Waals surface area contributed by atoms with Gasteiger partial charge in [0, 0.05) is 12.4 Å². The van der Waals surface area contributed by atoms with E-state index < -0.39 is 46.2 Å². The number of nitrogens with one attached hydrogen (secondary N) is 1. The number of rotatable bonds is 4. The van der Waals surface area contributed by atoms with E-state index in [-0.39, 0.29) is 16.3 Å². The number of benzene rings is 1. The van der Waals surface area contributed by atoms with Gasteiger partial charge in [-0.2, -0.15) is 18.3 Å². The highest BCUT2D eigenvalue weighted by molar-refractivity contribution is 6.33. The lowest BCUT2D eigenvalue weighted by atomic mass is 10.0. The summed E-state index contributed by atoms with van der Waals surface area (Å²) in [5, 5.41) is 7.28. The minimum absolute atomic E-state index is 0.0558. The van der Waals surface area contributed by atoms with E-state index in [0.29, 0.717) is 4.68 Å². The second-order valence-electron chi connectivity index (χ2n) is 6.33. The number of nitrogens with zero attached hydrogens (tertiary/aromatic N) is 4. The SMILES string of the molecule is NNC(=O)c1c(-c2c(F)cccc2Cl)noc1-c1cnn(-c2ccncc2)c1C(F)(F)F. The van der Waals surface area contributed by atoms with Crippen molar-refractivity contribution >= 4 is 17.5 Å². The maximum Gasteiger partial charge on any atom is 0.434 e. The molecule has 0 bridgehead atoms. The van der Waals surface area contributed by atoms with E-state index in [4.69, 9.17) is 22.0 Å². The van der Waals surface area contributed by atoms with Crippen molar-refractivity contribution in [3.63, 3.8) is 0 Å². The Hall–Kier alpha value is -3.77. The van der Waals surface area contributed by atoms with Crippen LogP contribution in [0.4, 0.5) is 17.6 Å². The van der Waals surface area contributed by atoms with Gasteiger partial charge >= 0.3 is 6.18 Å². The van der Waals surface area contributed by atoms with Crippen molar-refractivity contribution in [1.29, 1.82) is 0 Å². The molecule has 32 heavy (non-hydrogen) atoms. The molecular formula is C19H11ClF4N6O2. The van der Waals surface area contributed by atoms with Crippen molar-refractivity contribution in [2.45, 2.75) is 6.18 Å². The molecule has 0 atom stereocenters. The van der Waals surface area contributed by atoms with Gasteiger partial charge in [0.25, 0.3) is 5.91 Å². The quantitative estimate of drug-likeness (QED) is 0.203. The number of amides is 1. The van der Waals surface area contributed by atoms with E-state index in [1.54, 1.807) is 5.43 Å². The predicted octanol–water partition coefficient (Wildman–Crippen LogP) is 4.00. The number of hydrogen-bond acceptors (Lipinski definition) is 6. The Morgan fingerprint density at radius 2 is 1.91 bits per heavy atom. The summed E-state index contributed by atoms with van der Waals surface area (Å²) in [6.45, 7) is 0. The first kappa shape index (κ1) is 21.5. The molecular weight excluding hydrogens is 456 g/mol. The molecule has 0 unspecified atom stereocenters. The Morgan fingerprint density at radius 1 is 1.19 bits per heavy atom. The van der Waals surface area contributed by atoms with Crippen LogP contribution in [0.15, 0.2) is 53.4 Å². The molecule has 0 aliphatic carbocycles. The Kier molecular flexibility index (Phi) is 5.40. The summed E-state index contributed by atoms with van der Waals surface area (Å²) in [6.07, 6.45) is -1.49. The van der Waals surface area contributed by atoms with Gasteiger partial charge in [0.05, 0.1) is 28.0 Å². The smallest absolute Gasteiger partial charge is 0.355 e. The van der Waals surface area contributed by atoms with Gasteiger partial charge in [0.1, 0.15) is 17.1 Å². The molecule has 3 heterocycles. The van der Waals surface area contributed by atoms with E-state index in [1.807, 2.05) is 0 Å². The maximum absolute atomic E-state index is 14.5. The van der Waals surface area contributed by atoms with E-state index >= 15 is 0 Å². The van der Waals surface area contributed by atoms with Gasteiger partial charge in [0.2, 0.25) is 0 Å². The molecule has 3 N–H and O–H groups in total. The minimum atomic E-state index is -4.92. The molecule has 4 rings (SSSR count). The van der Waals surface area contributed by atoms with Crippen molar-refractivity contribution < 1.29 is 26.9 Å². The van der Waals surface area contributed by atoms with Crippen LogP contribution >= 0.6 is 11.6 Å². The molecule has 1 aromatic carbocycles. The molecule has 0 fully saturated rings. The average Bonchev–Trinajstić information content (AvgIpc) is 3.38. The van der Waals surface area contributed by atoms with Crippen molar-refractivity contribution in [3.05, 3.63) is 71.0 Å². The van der Waals surface area contributed by atoms with Gasteiger partial charge in [0.15, 0.2) is 11.5 Å². The van der Waals surface area contributed by atoms with Gasteiger partial charge < -0.3 is 4.52 Å². The van der Waals surface area contributed by atoms with Crippen LogP contribution in [0.25, 0.3) is 28.3 Å². The molecule has 0 spiro atoms. The standard InChI is InChI=1S/C19H11ClF4N6O2/c20-11-2-1-3-12(21)13(11)15-14(18(31)28-25)16(32-29-15)10-8-27-30(17(10)19(22,23)24)9-4-6-26-7-5-9/h1-8H,25H2,(H,28,31). The monoisotopic (exact) mass is 466 g/mol.